The number of amides is 2. The van der Waals surface area contributed by atoms with Crippen LogP contribution in [0.25, 0.3) is 11.3 Å². The van der Waals surface area contributed by atoms with Crippen LogP contribution in [0.2, 0.25) is 0 Å². The molecule has 8 nitrogen and oxygen atoms in total. The number of benzene rings is 1. The molecular formula is C24H29N3O5. The van der Waals surface area contributed by atoms with Crippen LogP contribution in [0, 0.1) is 20.8 Å². The molecule has 0 unspecified atom stereocenters. The second kappa shape index (κ2) is 10.8. The minimum absolute atomic E-state index is 0.150. The van der Waals surface area contributed by atoms with Gasteiger partial charge in [-0.15, -0.1) is 0 Å². The number of rotatable bonds is 10. The van der Waals surface area contributed by atoms with Gasteiger partial charge in [-0.3, -0.25) is 9.59 Å². The van der Waals surface area contributed by atoms with E-state index in [0.717, 1.165) is 22.3 Å². The van der Waals surface area contributed by atoms with Crippen molar-refractivity contribution in [3.8, 4) is 11.3 Å². The summed E-state index contributed by atoms with van der Waals surface area (Å²) in [5.74, 6) is 0.667. The number of carbonyl (C=O) groups is 2. The largest absolute Gasteiger partial charge is 0.467 e. The fraction of sp³-hybridized carbons (Fsp3) is 0.375. The third-order valence-electron chi connectivity index (χ3n) is 5.10. The molecule has 0 saturated carbocycles. The number of hydrogen-bond acceptors (Lipinski definition) is 6. The van der Waals surface area contributed by atoms with Crippen molar-refractivity contribution in [1.82, 2.24) is 15.4 Å². The molecular weight excluding hydrogens is 410 g/mol. The fourth-order valence-corrected chi connectivity index (χ4v) is 3.68. The molecule has 3 rings (SSSR count). The molecule has 0 saturated heterocycles. The van der Waals surface area contributed by atoms with E-state index in [9.17, 15) is 9.59 Å². The van der Waals surface area contributed by atoms with Gasteiger partial charge in [0.2, 0.25) is 5.91 Å². The first-order chi connectivity index (χ1) is 15.4. The number of carbonyl (C=O) groups excluding carboxylic acids is 2. The number of ether oxygens (including phenoxy) is 1. The van der Waals surface area contributed by atoms with Crippen molar-refractivity contribution in [2.75, 3.05) is 26.8 Å². The number of aryl methyl sites for hydroxylation is 3. The molecule has 0 aliphatic rings. The van der Waals surface area contributed by atoms with E-state index in [1.807, 2.05) is 20.8 Å². The van der Waals surface area contributed by atoms with Crippen LogP contribution in [0.15, 0.2) is 45.5 Å². The fourth-order valence-electron chi connectivity index (χ4n) is 3.68. The first-order valence-electron chi connectivity index (χ1n) is 10.5. The van der Waals surface area contributed by atoms with Crippen molar-refractivity contribution in [1.29, 1.82) is 0 Å². The highest BCUT2D eigenvalue weighted by Gasteiger charge is 2.23. The Morgan fingerprint density at radius 2 is 1.91 bits per heavy atom. The van der Waals surface area contributed by atoms with Crippen molar-refractivity contribution in [3.05, 3.63) is 64.7 Å². The monoisotopic (exact) mass is 439 g/mol. The normalized spacial score (nSPS) is 10.9. The molecule has 170 valence electrons. The van der Waals surface area contributed by atoms with Gasteiger partial charge >= 0.3 is 0 Å². The number of aromatic nitrogens is 1. The van der Waals surface area contributed by atoms with E-state index in [1.54, 1.807) is 31.6 Å². The quantitative estimate of drug-likeness (QED) is 0.484. The average molecular weight is 440 g/mol. The van der Waals surface area contributed by atoms with Crippen molar-refractivity contribution < 1.29 is 23.3 Å². The van der Waals surface area contributed by atoms with Gasteiger partial charge in [0.15, 0.2) is 11.5 Å². The first-order valence-corrected chi connectivity index (χ1v) is 10.5. The molecule has 3 aromatic rings. The molecule has 0 radical (unpaired) electrons. The van der Waals surface area contributed by atoms with E-state index >= 15 is 0 Å². The Kier molecular flexibility index (Phi) is 7.83. The summed E-state index contributed by atoms with van der Waals surface area (Å²) in [5.41, 5.74) is 4.38. The molecule has 0 aliphatic carbocycles. The zero-order chi connectivity index (χ0) is 23.1. The van der Waals surface area contributed by atoms with Crippen molar-refractivity contribution >= 4 is 11.8 Å². The summed E-state index contributed by atoms with van der Waals surface area (Å²) in [4.78, 5) is 26.9. The Labute approximate surface area is 187 Å². The highest BCUT2D eigenvalue weighted by molar-refractivity contribution is 5.93. The van der Waals surface area contributed by atoms with Gasteiger partial charge in [-0.05, 0) is 44.0 Å². The van der Waals surface area contributed by atoms with E-state index in [4.69, 9.17) is 13.7 Å². The average Bonchev–Trinajstić information content (AvgIpc) is 3.42. The summed E-state index contributed by atoms with van der Waals surface area (Å²) < 4.78 is 15.9. The lowest BCUT2D eigenvalue weighted by Crippen LogP contribution is -2.35. The zero-order valence-corrected chi connectivity index (χ0v) is 18.9. The van der Waals surface area contributed by atoms with Gasteiger partial charge in [0.05, 0.1) is 19.4 Å². The van der Waals surface area contributed by atoms with Gasteiger partial charge in [0.1, 0.15) is 5.76 Å². The molecule has 8 heteroatoms. The number of nitrogens with one attached hydrogen (secondary N) is 1. The molecule has 2 heterocycles. The van der Waals surface area contributed by atoms with Crippen molar-refractivity contribution in [2.24, 2.45) is 0 Å². The van der Waals surface area contributed by atoms with E-state index < -0.39 is 0 Å². The Morgan fingerprint density at radius 1 is 1.16 bits per heavy atom. The predicted octanol–water partition coefficient (Wildman–Crippen LogP) is 3.65. The summed E-state index contributed by atoms with van der Waals surface area (Å²) in [6.45, 7) is 7.33. The van der Waals surface area contributed by atoms with Crippen LogP contribution in [0.3, 0.4) is 0 Å². The van der Waals surface area contributed by atoms with Gasteiger partial charge in [-0.25, -0.2) is 0 Å². The molecule has 1 aromatic carbocycles. The number of nitrogens with zero attached hydrogens (tertiary/aromatic N) is 2. The van der Waals surface area contributed by atoms with Gasteiger partial charge in [0, 0.05) is 38.2 Å². The van der Waals surface area contributed by atoms with Crippen LogP contribution >= 0.6 is 0 Å². The van der Waals surface area contributed by atoms with E-state index in [0.29, 0.717) is 24.7 Å². The van der Waals surface area contributed by atoms with Crippen molar-refractivity contribution in [3.63, 3.8) is 0 Å². The second-order valence-corrected chi connectivity index (χ2v) is 7.75. The Morgan fingerprint density at radius 3 is 2.56 bits per heavy atom. The van der Waals surface area contributed by atoms with E-state index in [1.165, 1.54) is 4.90 Å². The number of hydrogen-bond donors (Lipinski definition) is 1. The van der Waals surface area contributed by atoms with Gasteiger partial charge in [-0.1, -0.05) is 22.9 Å². The summed E-state index contributed by atoms with van der Waals surface area (Å²) in [6, 6.07) is 9.33. The van der Waals surface area contributed by atoms with Gasteiger partial charge in [0.25, 0.3) is 5.91 Å². The molecule has 0 aliphatic heterocycles. The predicted molar refractivity (Wildman–Crippen MR) is 119 cm³/mol. The minimum Gasteiger partial charge on any atom is -0.467 e. The highest BCUT2D eigenvalue weighted by atomic mass is 16.5. The van der Waals surface area contributed by atoms with Crippen LogP contribution in [-0.2, 0) is 16.1 Å². The third-order valence-corrected chi connectivity index (χ3v) is 5.10. The lowest BCUT2D eigenvalue weighted by molar-refractivity contribution is -0.121. The minimum atomic E-state index is -0.330. The third kappa shape index (κ3) is 5.85. The smallest absolute Gasteiger partial charge is 0.276 e. The Balaban J connectivity index is 1.77. The van der Waals surface area contributed by atoms with Gasteiger partial charge in [-0.2, -0.15) is 0 Å². The SMILES string of the molecule is COCCNC(=O)CCN(Cc1ccco1)C(=O)c1cc(-c2c(C)cc(C)cc2C)on1. The standard InChI is InChI=1S/C24H29N3O5/c1-16-12-17(2)23(18(3)13-16)21-14-20(26-32-21)24(29)27(15-19-6-5-10-31-19)9-7-22(28)25-8-11-30-4/h5-6,10,12-14H,7-9,11,15H2,1-4H3,(H,25,28). The number of furan rings is 1. The number of methoxy groups -OCH3 is 1. The lowest BCUT2D eigenvalue weighted by atomic mass is 9.98. The molecule has 0 fully saturated rings. The molecule has 32 heavy (non-hydrogen) atoms. The molecule has 2 amide bonds. The van der Waals surface area contributed by atoms with Crippen LogP contribution in [0.4, 0.5) is 0 Å². The molecule has 2 aromatic heterocycles. The summed E-state index contributed by atoms with van der Waals surface area (Å²) in [7, 11) is 1.57. The maximum absolute atomic E-state index is 13.2. The highest BCUT2D eigenvalue weighted by Crippen LogP contribution is 2.29. The molecule has 0 spiro atoms. The lowest BCUT2D eigenvalue weighted by Gasteiger charge is -2.20. The first kappa shape index (κ1) is 23.3. The van der Waals surface area contributed by atoms with Crippen molar-refractivity contribution in [2.45, 2.75) is 33.7 Å². The molecule has 0 atom stereocenters. The topological polar surface area (TPSA) is 97.8 Å². The summed E-state index contributed by atoms with van der Waals surface area (Å²) in [5, 5.41) is 6.78. The van der Waals surface area contributed by atoms with Crippen LogP contribution in [0.5, 0.6) is 0 Å². The van der Waals surface area contributed by atoms with Gasteiger partial charge < -0.3 is 23.9 Å². The molecule has 1 N–H and O–H groups in total. The Hall–Kier alpha value is -3.39. The maximum Gasteiger partial charge on any atom is 0.276 e. The second-order valence-electron chi connectivity index (χ2n) is 7.75. The molecule has 0 bridgehead atoms. The summed E-state index contributed by atoms with van der Waals surface area (Å²) in [6.07, 6.45) is 1.70. The van der Waals surface area contributed by atoms with E-state index in [-0.39, 0.29) is 37.0 Å². The van der Waals surface area contributed by atoms with Crippen LogP contribution in [0.1, 0.15) is 39.4 Å². The van der Waals surface area contributed by atoms with E-state index in [2.05, 4.69) is 22.6 Å². The Bertz CT molecular complexity index is 1030. The van der Waals surface area contributed by atoms with Crippen LogP contribution in [-0.4, -0.2) is 48.7 Å². The maximum atomic E-state index is 13.2. The zero-order valence-electron chi connectivity index (χ0n) is 18.9. The summed E-state index contributed by atoms with van der Waals surface area (Å²) >= 11 is 0. The van der Waals surface area contributed by atoms with Crippen LogP contribution < -0.4 is 5.32 Å².